The second kappa shape index (κ2) is 6.69. The Morgan fingerprint density at radius 2 is 2.35 bits per heavy atom. The highest BCUT2D eigenvalue weighted by Crippen LogP contribution is 2.10. The first-order valence-electron chi connectivity index (χ1n) is 6.23. The molecule has 94 valence electrons. The topological polar surface area (TPSA) is 43.4 Å². The Morgan fingerprint density at radius 1 is 1.47 bits per heavy atom. The Balaban J connectivity index is 1.82. The lowest BCUT2D eigenvalue weighted by atomic mass is 10.3. The van der Waals surface area contributed by atoms with Crippen molar-refractivity contribution in [1.29, 1.82) is 0 Å². The van der Waals surface area contributed by atoms with Crippen LogP contribution in [0.2, 0.25) is 0 Å². The third kappa shape index (κ3) is 4.07. The Hall–Kier alpha value is -0.970. The summed E-state index contributed by atoms with van der Waals surface area (Å²) < 4.78 is 11.0. The van der Waals surface area contributed by atoms with Gasteiger partial charge in [0, 0.05) is 13.2 Å². The summed E-state index contributed by atoms with van der Waals surface area (Å²) in [6.45, 7) is 5.98. The summed E-state index contributed by atoms with van der Waals surface area (Å²) in [5.74, 6) is 0. The average Bonchev–Trinajstić information content (AvgIpc) is 2.87. The Kier molecular flexibility index (Phi) is 4.91. The fourth-order valence-corrected chi connectivity index (χ4v) is 1.81. The van der Waals surface area contributed by atoms with E-state index in [-0.39, 0.29) is 6.10 Å². The molecule has 1 fully saturated rings. The fourth-order valence-electron chi connectivity index (χ4n) is 1.81. The molecule has 1 aliphatic rings. The SMILES string of the molecule is CCNCc1cccc(COC2CCOC2)n1. The Morgan fingerprint density at radius 3 is 3.12 bits per heavy atom. The smallest absolute Gasteiger partial charge is 0.0892 e. The van der Waals surface area contributed by atoms with Gasteiger partial charge < -0.3 is 14.8 Å². The molecule has 1 aromatic heterocycles. The van der Waals surface area contributed by atoms with Crippen LogP contribution in [0.1, 0.15) is 24.7 Å². The first-order valence-corrected chi connectivity index (χ1v) is 6.23. The molecule has 1 aromatic rings. The molecular formula is C13H20N2O2. The van der Waals surface area contributed by atoms with Crippen molar-refractivity contribution in [3.8, 4) is 0 Å². The van der Waals surface area contributed by atoms with Crippen molar-refractivity contribution in [1.82, 2.24) is 10.3 Å². The van der Waals surface area contributed by atoms with Crippen LogP contribution in [0, 0.1) is 0 Å². The van der Waals surface area contributed by atoms with Crippen LogP contribution in [-0.4, -0.2) is 30.8 Å². The third-order valence-electron chi connectivity index (χ3n) is 2.78. The van der Waals surface area contributed by atoms with Gasteiger partial charge in [-0.15, -0.1) is 0 Å². The zero-order valence-corrected chi connectivity index (χ0v) is 10.3. The van der Waals surface area contributed by atoms with Crippen LogP contribution in [0.4, 0.5) is 0 Å². The quantitative estimate of drug-likeness (QED) is 0.813. The highest BCUT2D eigenvalue weighted by Gasteiger charge is 2.15. The molecule has 1 unspecified atom stereocenters. The number of nitrogens with zero attached hydrogens (tertiary/aromatic N) is 1. The van der Waals surface area contributed by atoms with E-state index in [1.54, 1.807) is 0 Å². The van der Waals surface area contributed by atoms with Crippen LogP contribution in [0.5, 0.6) is 0 Å². The number of pyridine rings is 1. The molecule has 1 aliphatic heterocycles. The van der Waals surface area contributed by atoms with Crippen molar-refractivity contribution in [3.05, 3.63) is 29.6 Å². The van der Waals surface area contributed by atoms with E-state index in [2.05, 4.69) is 17.2 Å². The first kappa shape index (κ1) is 12.5. The van der Waals surface area contributed by atoms with Crippen LogP contribution in [0.25, 0.3) is 0 Å². The standard InChI is InChI=1S/C13H20N2O2/c1-2-14-8-11-4-3-5-12(15-11)9-17-13-6-7-16-10-13/h3-5,13-14H,2,6-10H2,1H3. The molecule has 0 radical (unpaired) electrons. The van der Waals surface area contributed by atoms with E-state index in [0.717, 1.165) is 44.1 Å². The molecule has 0 spiro atoms. The van der Waals surface area contributed by atoms with E-state index in [4.69, 9.17) is 9.47 Å². The summed E-state index contributed by atoms with van der Waals surface area (Å²) in [4.78, 5) is 4.54. The van der Waals surface area contributed by atoms with Gasteiger partial charge >= 0.3 is 0 Å². The number of ether oxygens (including phenoxy) is 2. The summed E-state index contributed by atoms with van der Waals surface area (Å²) in [6.07, 6.45) is 1.24. The molecule has 0 aromatic carbocycles. The maximum absolute atomic E-state index is 5.74. The van der Waals surface area contributed by atoms with Gasteiger partial charge in [0.25, 0.3) is 0 Å². The zero-order valence-electron chi connectivity index (χ0n) is 10.3. The van der Waals surface area contributed by atoms with E-state index in [1.807, 2.05) is 18.2 Å². The maximum Gasteiger partial charge on any atom is 0.0892 e. The number of hydrogen-bond acceptors (Lipinski definition) is 4. The first-order chi connectivity index (χ1) is 8.38. The average molecular weight is 236 g/mol. The van der Waals surface area contributed by atoms with Gasteiger partial charge in [0.05, 0.1) is 30.7 Å². The molecule has 4 nitrogen and oxygen atoms in total. The summed E-state index contributed by atoms with van der Waals surface area (Å²) in [7, 11) is 0. The molecule has 1 N–H and O–H groups in total. The minimum absolute atomic E-state index is 0.245. The highest BCUT2D eigenvalue weighted by molar-refractivity contribution is 5.10. The van der Waals surface area contributed by atoms with Crippen LogP contribution in [-0.2, 0) is 22.6 Å². The van der Waals surface area contributed by atoms with Crippen molar-refractivity contribution in [3.63, 3.8) is 0 Å². The van der Waals surface area contributed by atoms with E-state index in [0.29, 0.717) is 6.61 Å². The molecule has 0 saturated carbocycles. The van der Waals surface area contributed by atoms with Gasteiger partial charge in [-0.05, 0) is 25.1 Å². The third-order valence-corrected chi connectivity index (χ3v) is 2.78. The summed E-state index contributed by atoms with van der Waals surface area (Å²) in [5, 5.41) is 3.27. The van der Waals surface area contributed by atoms with Crippen LogP contribution < -0.4 is 5.32 Å². The highest BCUT2D eigenvalue weighted by atomic mass is 16.5. The molecule has 2 rings (SSSR count). The van der Waals surface area contributed by atoms with Crippen molar-refractivity contribution in [2.45, 2.75) is 32.6 Å². The lowest BCUT2D eigenvalue weighted by molar-refractivity contribution is 0.0301. The largest absolute Gasteiger partial charge is 0.379 e. The van der Waals surface area contributed by atoms with Crippen LogP contribution in [0.3, 0.4) is 0 Å². The normalized spacial score (nSPS) is 19.7. The number of nitrogens with one attached hydrogen (secondary N) is 1. The number of rotatable bonds is 6. The zero-order chi connectivity index (χ0) is 11.9. The molecule has 1 saturated heterocycles. The second-order valence-electron chi connectivity index (χ2n) is 4.20. The summed E-state index contributed by atoms with van der Waals surface area (Å²) in [6, 6.07) is 6.07. The number of aromatic nitrogens is 1. The Labute approximate surface area is 102 Å². The van der Waals surface area contributed by atoms with Gasteiger partial charge in [0.1, 0.15) is 0 Å². The van der Waals surface area contributed by atoms with E-state index >= 15 is 0 Å². The number of hydrogen-bond donors (Lipinski definition) is 1. The van der Waals surface area contributed by atoms with Gasteiger partial charge in [0.15, 0.2) is 0 Å². The van der Waals surface area contributed by atoms with Crippen molar-refractivity contribution < 1.29 is 9.47 Å². The van der Waals surface area contributed by atoms with E-state index in [1.165, 1.54) is 0 Å². The van der Waals surface area contributed by atoms with Gasteiger partial charge in [-0.3, -0.25) is 4.98 Å². The molecule has 0 amide bonds. The Bertz CT molecular complexity index is 338. The molecule has 1 atom stereocenters. The lowest BCUT2D eigenvalue weighted by Gasteiger charge is -2.10. The molecule has 0 bridgehead atoms. The van der Waals surface area contributed by atoms with Crippen LogP contribution in [0.15, 0.2) is 18.2 Å². The summed E-state index contributed by atoms with van der Waals surface area (Å²) in [5.41, 5.74) is 2.06. The van der Waals surface area contributed by atoms with Crippen molar-refractivity contribution in [2.75, 3.05) is 19.8 Å². The van der Waals surface area contributed by atoms with Gasteiger partial charge in [-0.1, -0.05) is 13.0 Å². The van der Waals surface area contributed by atoms with E-state index < -0.39 is 0 Å². The monoisotopic (exact) mass is 236 g/mol. The molecular weight excluding hydrogens is 216 g/mol. The summed E-state index contributed by atoms with van der Waals surface area (Å²) >= 11 is 0. The predicted molar refractivity (Wildman–Crippen MR) is 65.6 cm³/mol. The second-order valence-corrected chi connectivity index (χ2v) is 4.20. The minimum Gasteiger partial charge on any atom is -0.379 e. The molecule has 4 heteroatoms. The van der Waals surface area contributed by atoms with Crippen molar-refractivity contribution >= 4 is 0 Å². The molecule has 17 heavy (non-hydrogen) atoms. The lowest BCUT2D eigenvalue weighted by Crippen LogP contribution is -2.15. The van der Waals surface area contributed by atoms with Gasteiger partial charge in [0.2, 0.25) is 0 Å². The molecule has 0 aliphatic carbocycles. The van der Waals surface area contributed by atoms with Crippen molar-refractivity contribution in [2.24, 2.45) is 0 Å². The minimum atomic E-state index is 0.245. The maximum atomic E-state index is 5.74. The van der Waals surface area contributed by atoms with Crippen LogP contribution >= 0.6 is 0 Å². The fraction of sp³-hybridized carbons (Fsp3) is 0.615. The predicted octanol–water partition coefficient (Wildman–Crippen LogP) is 1.50. The van der Waals surface area contributed by atoms with E-state index in [9.17, 15) is 0 Å². The molecule has 2 heterocycles. The van der Waals surface area contributed by atoms with Gasteiger partial charge in [-0.2, -0.15) is 0 Å². The van der Waals surface area contributed by atoms with Gasteiger partial charge in [-0.25, -0.2) is 0 Å².